The van der Waals surface area contributed by atoms with Gasteiger partial charge in [0.2, 0.25) is 0 Å². The maximum Gasteiger partial charge on any atom is 0.430 e. The Morgan fingerprint density at radius 1 is 0.528 bits per heavy atom. The molecule has 0 unspecified atom stereocenters. The van der Waals surface area contributed by atoms with Crippen molar-refractivity contribution in [3.05, 3.63) is 94.5 Å². The van der Waals surface area contributed by atoms with Gasteiger partial charge in [0.25, 0.3) is 5.60 Å². The normalized spacial score (nSPS) is 13.6. The molecule has 0 spiro atoms. The van der Waals surface area contributed by atoms with Crippen molar-refractivity contribution >= 4 is 0 Å². The number of hydrogen-bond acceptors (Lipinski definition) is 3. The Labute approximate surface area is 204 Å². The van der Waals surface area contributed by atoms with Crippen LogP contribution in [0.3, 0.4) is 0 Å². The van der Waals surface area contributed by atoms with E-state index >= 15 is 0 Å². The summed E-state index contributed by atoms with van der Waals surface area (Å²) in [6, 6.07) is 16.3. The van der Waals surface area contributed by atoms with E-state index in [0.717, 1.165) is 17.2 Å². The van der Waals surface area contributed by atoms with Gasteiger partial charge in [-0.05, 0) is 46.5 Å². The lowest BCUT2D eigenvalue weighted by atomic mass is 9.74. The summed E-state index contributed by atoms with van der Waals surface area (Å²) in [7, 11) is 0. The van der Waals surface area contributed by atoms with Gasteiger partial charge in [-0.25, -0.2) is 0 Å². The summed E-state index contributed by atoms with van der Waals surface area (Å²) in [5, 5.41) is 29.3. The van der Waals surface area contributed by atoms with Gasteiger partial charge in [0, 0.05) is 16.4 Å². The fourth-order valence-electron chi connectivity index (χ4n) is 4.20. The Balaban J connectivity index is 2.05. The zero-order valence-electron chi connectivity index (χ0n) is 20.0. The van der Waals surface area contributed by atoms with Crippen molar-refractivity contribution < 1.29 is 41.7 Å². The molecule has 0 aliphatic rings. The lowest BCUT2D eigenvalue weighted by Gasteiger charge is -2.35. The third kappa shape index (κ3) is 4.52. The summed E-state index contributed by atoms with van der Waals surface area (Å²) in [5.74, 6) is -1.19. The lowest BCUT2D eigenvalue weighted by molar-refractivity contribution is -0.376. The monoisotopic (exact) mass is 512 g/mol. The quantitative estimate of drug-likeness (QED) is 0.321. The predicted molar refractivity (Wildman–Crippen MR) is 123 cm³/mol. The lowest BCUT2D eigenvalue weighted by Crippen LogP contribution is -2.54. The summed E-state index contributed by atoms with van der Waals surface area (Å²) in [4.78, 5) is 0. The second-order valence-electron chi connectivity index (χ2n) is 9.81. The van der Waals surface area contributed by atoms with Gasteiger partial charge in [0.05, 0.1) is 0 Å². The molecule has 3 N–H and O–H groups in total. The molecule has 9 heteroatoms. The molecule has 0 fully saturated rings. The Hall–Kier alpha value is -3.20. The van der Waals surface area contributed by atoms with Crippen LogP contribution < -0.4 is 0 Å². The highest BCUT2D eigenvalue weighted by Gasteiger charge is 2.72. The Kier molecular flexibility index (Phi) is 6.64. The van der Waals surface area contributed by atoms with Crippen LogP contribution in [0.25, 0.3) is 0 Å². The van der Waals surface area contributed by atoms with Gasteiger partial charge in [0.15, 0.2) is 0 Å². The molecule has 0 bridgehead atoms. The first kappa shape index (κ1) is 27.4. The van der Waals surface area contributed by atoms with E-state index in [1.165, 1.54) is 6.07 Å². The first-order valence-corrected chi connectivity index (χ1v) is 10.9. The van der Waals surface area contributed by atoms with Gasteiger partial charge in [-0.2, -0.15) is 26.3 Å². The molecule has 0 heterocycles. The molecule has 3 nitrogen and oxygen atoms in total. The van der Waals surface area contributed by atoms with E-state index in [9.17, 15) is 41.7 Å². The van der Waals surface area contributed by atoms with Gasteiger partial charge in [-0.15, -0.1) is 0 Å². The van der Waals surface area contributed by atoms with Crippen molar-refractivity contribution in [2.75, 3.05) is 0 Å². The van der Waals surface area contributed by atoms with Crippen LogP contribution in [0.5, 0.6) is 11.5 Å². The van der Waals surface area contributed by atoms with E-state index in [-0.39, 0.29) is 11.3 Å². The number of halogens is 6. The zero-order chi connectivity index (χ0) is 27.3. The Morgan fingerprint density at radius 2 is 0.861 bits per heavy atom. The highest BCUT2D eigenvalue weighted by Crippen LogP contribution is 2.53. The van der Waals surface area contributed by atoms with Gasteiger partial charge in [0.1, 0.15) is 11.5 Å². The molecular formula is C27H26F6O3. The van der Waals surface area contributed by atoms with Gasteiger partial charge in [-0.3, -0.25) is 0 Å². The molecule has 194 valence electrons. The zero-order valence-corrected chi connectivity index (χ0v) is 20.0. The second kappa shape index (κ2) is 8.73. The first-order chi connectivity index (χ1) is 16.3. The van der Waals surface area contributed by atoms with Crippen LogP contribution in [0.4, 0.5) is 26.3 Å². The first-order valence-electron chi connectivity index (χ1n) is 10.9. The third-order valence-electron chi connectivity index (χ3n) is 6.85. The van der Waals surface area contributed by atoms with Crippen molar-refractivity contribution in [3.63, 3.8) is 0 Å². The highest BCUT2D eigenvalue weighted by molar-refractivity contribution is 5.49. The van der Waals surface area contributed by atoms with Gasteiger partial charge in [-0.1, -0.05) is 70.2 Å². The fraction of sp³-hybridized carbons (Fsp3) is 0.333. The molecule has 3 aromatic rings. The van der Waals surface area contributed by atoms with E-state index in [2.05, 4.69) is 0 Å². The molecule has 0 radical (unpaired) electrons. The molecule has 0 aliphatic heterocycles. The molecule has 0 atom stereocenters. The standard InChI is InChI=1S/C27H26F6O3/c1-23(2,18-9-12-20(34)13-10-18)16-5-7-17(8-6-16)24(3,4)19-11-14-22(35)21(15-19)25(36,26(28,29)30)27(31,32)33/h5-15,34-36H,1-4H3. The molecule has 3 aromatic carbocycles. The van der Waals surface area contributed by atoms with Crippen LogP contribution in [-0.2, 0) is 16.4 Å². The van der Waals surface area contributed by atoms with Crippen molar-refractivity contribution in [1.29, 1.82) is 0 Å². The van der Waals surface area contributed by atoms with Gasteiger partial charge >= 0.3 is 12.4 Å². The summed E-state index contributed by atoms with van der Waals surface area (Å²) in [5.41, 5.74) is -6.02. The van der Waals surface area contributed by atoms with E-state index < -0.39 is 40.1 Å². The van der Waals surface area contributed by atoms with Gasteiger partial charge < -0.3 is 15.3 Å². The van der Waals surface area contributed by atoms with Crippen molar-refractivity contribution in [2.45, 2.75) is 56.5 Å². The predicted octanol–water partition coefficient (Wildman–Crippen LogP) is 7.06. The van der Waals surface area contributed by atoms with Crippen LogP contribution in [-0.4, -0.2) is 27.7 Å². The van der Waals surface area contributed by atoms with Crippen molar-refractivity contribution in [3.8, 4) is 11.5 Å². The molecule has 0 saturated carbocycles. The van der Waals surface area contributed by atoms with Crippen LogP contribution >= 0.6 is 0 Å². The Bertz CT molecular complexity index is 1210. The average molecular weight is 512 g/mol. The number of aromatic hydroxyl groups is 2. The molecule has 36 heavy (non-hydrogen) atoms. The number of phenols is 2. The number of alkyl halides is 6. The minimum atomic E-state index is -6.12. The SMILES string of the molecule is CC(C)(c1ccc(O)cc1)c1ccc(C(C)(C)c2ccc(O)c(C(O)(C(F)(F)F)C(F)(F)F)c2)cc1. The van der Waals surface area contributed by atoms with Crippen molar-refractivity contribution in [2.24, 2.45) is 0 Å². The maximum atomic E-state index is 13.4. The summed E-state index contributed by atoms with van der Waals surface area (Å²) in [6.07, 6.45) is -12.2. The second-order valence-corrected chi connectivity index (χ2v) is 9.81. The number of aliphatic hydroxyl groups is 1. The highest BCUT2D eigenvalue weighted by atomic mass is 19.4. The number of rotatable bonds is 5. The van der Waals surface area contributed by atoms with E-state index in [4.69, 9.17) is 0 Å². The minimum Gasteiger partial charge on any atom is -0.508 e. The topological polar surface area (TPSA) is 60.7 Å². The number of hydrogen-bond donors (Lipinski definition) is 3. The van der Waals surface area contributed by atoms with E-state index in [0.29, 0.717) is 11.6 Å². The fourth-order valence-corrected chi connectivity index (χ4v) is 4.20. The number of phenolic OH excluding ortho intramolecular Hbond substituents is 2. The summed E-state index contributed by atoms with van der Waals surface area (Å²) >= 11 is 0. The van der Waals surface area contributed by atoms with Crippen LogP contribution in [0, 0.1) is 0 Å². The van der Waals surface area contributed by atoms with Crippen LogP contribution in [0.1, 0.15) is 55.5 Å². The molecule has 0 saturated heterocycles. The van der Waals surface area contributed by atoms with E-state index in [1.54, 1.807) is 50.2 Å². The molecular weight excluding hydrogens is 486 g/mol. The van der Waals surface area contributed by atoms with Crippen molar-refractivity contribution in [1.82, 2.24) is 0 Å². The largest absolute Gasteiger partial charge is 0.508 e. The van der Waals surface area contributed by atoms with Crippen LogP contribution in [0.2, 0.25) is 0 Å². The summed E-state index contributed by atoms with van der Waals surface area (Å²) in [6.45, 7) is 7.18. The summed E-state index contributed by atoms with van der Waals surface area (Å²) < 4.78 is 80.6. The third-order valence-corrected chi connectivity index (χ3v) is 6.85. The smallest absolute Gasteiger partial charge is 0.430 e. The molecule has 3 rings (SSSR count). The Morgan fingerprint density at radius 3 is 1.25 bits per heavy atom. The molecule has 0 aliphatic carbocycles. The minimum absolute atomic E-state index is 0.0350. The van der Waals surface area contributed by atoms with Crippen LogP contribution in [0.15, 0.2) is 66.7 Å². The average Bonchev–Trinajstić information content (AvgIpc) is 2.77. The van der Waals surface area contributed by atoms with E-state index in [1.807, 2.05) is 26.0 Å². The maximum absolute atomic E-state index is 13.4. The molecule has 0 amide bonds. The molecule has 0 aromatic heterocycles. The number of benzene rings is 3.